The van der Waals surface area contributed by atoms with Crippen LogP contribution in [-0.4, -0.2) is 25.8 Å². The molecule has 0 saturated carbocycles. The summed E-state index contributed by atoms with van der Waals surface area (Å²) in [6.07, 6.45) is 2.47. The molecule has 9 nitrogen and oxygen atoms in total. The van der Waals surface area contributed by atoms with E-state index in [-0.39, 0.29) is 21.8 Å². The van der Waals surface area contributed by atoms with Crippen LogP contribution in [0.15, 0.2) is 47.3 Å². The van der Waals surface area contributed by atoms with Gasteiger partial charge in [-0.15, -0.1) is 0 Å². The second-order valence-corrected chi connectivity index (χ2v) is 6.81. The van der Waals surface area contributed by atoms with Gasteiger partial charge in [-0.1, -0.05) is 35.9 Å². The molecule has 10 heteroatoms. The molecule has 0 spiro atoms. The molecule has 0 atom stereocenters. The Morgan fingerprint density at radius 3 is 2.65 bits per heavy atom. The van der Waals surface area contributed by atoms with E-state index in [1.165, 1.54) is 30.4 Å². The van der Waals surface area contributed by atoms with Gasteiger partial charge >= 0.3 is 5.97 Å². The van der Waals surface area contributed by atoms with E-state index in [1.807, 2.05) is 0 Å². The summed E-state index contributed by atoms with van der Waals surface area (Å²) < 4.78 is 0.854. The van der Waals surface area contributed by atoms with E-state index in [2.05, 4.69) is 5.10 Å². The van der Waals surface area contributed by atoms with Gasteiger partial charge in [0.25, 0.3) is 11.2 Å². The summed E-state index contributed by atoms with van der Waals surface area (Å²) in [7, 11) is 0. The molecular formula is C21H13ClN4O5. The molecule has 0 aliphatic carbocycles. The first-order valence-electron chi connectivity index (χ1n) is 8.72. The number of rotatable bonds is 5. The van der Waals surface area contributed by atoms with E-state index in [0.29, 0.717) is 5.69 Å². The Kier molecular flexibility index (Phi) is 5.95. The fourth-order valence-corrected chi connectivity index (χ4v) is 3.03. The molecule has 0 amide bonds. The third-order valence-electron chi connectivity index (χ3n) is 4.31. The highest BCUT2D eigenvalue weighted by atomic mass is 35.5. The lowest BCUT2D eigenvalue weighted by Crippen LogP contribution is -2.28. The van der Waals surface area contributed by atoms with Crippen molar-refractivity contribution < 1.29 is 14.8 Å². The minimum atomic E-state index is -1.46. The largest absolute Gasteiger partial charge is 0.476 e. The van der Waals surface area contributed by atoms with Crippen molar-refractivity contribution in [1.82, 2.24) is 9.78 Å². The number of nitrogens with zero attached hydrogens (tertiary/aromatic N) is 4. The maximum atomic E-state index is 12.9. The molecule has 0 aliphatic rings. The molecule has 0 unspecified atom stereocenters. The van der Waals surface area contributed by atoms with E-state index >= 15 is 0 Å². The number of nitriles is 1. The highest BCUT2D eigenvalue weighted by Crippen LogP contribution is 2.25. The van der Waals surface area contributed by atoms with Gasteiger partial charge in [0.15, 0.2) is 5.69 Å². The number of aromatic nitrogens is 2. The smallest absolute Gasteiger partial charge is 0.357 e. The molecule has 2 aromatic carbocycles. The zero-order valence-corrected chi connectivity index (χ0v) is 16.7. The summed E-state index contributed by atoms with van der Waals surface area (Å²) >= 11 is 6.06. The van der Waals surface area contributed by atoms with Gasteiger partial charge in [0, 0.05) is 22.7 Å². The van der Waals surface area contributed by atoms with Gasteiger partial charge in [0.1, 0.15) is 11.6 Å². The molecule has 0 radical (unpaired) electrons. The first kappa shape index (κ1) is 21.4. The van der Waals surface area contributed by atoms with Crippen LogP contribution in [0.4, 0.5) is 5.69 Å². The van der Waals surface area contributed by atoms with Gasteiger partial charge in [-0.2, -0.15) is 15.0 Å². The van der Waals surface area contributed by atoms with Crippen LogP contribution in [0.5, 0.6) is 0 Å². The molecule has 1 heterocycles. The maximum Gasteiger partial charge on any atom is 0.357 e. The standard InChI is InChI=1S/C21H13ClN4O5/c1-12-3-2-4-14(9-12)25-20(27)17(11-23)16(19(24-25)21(28)29)7-5-13-10-15(26(30)31)6-8-18(13)22/h2-10H,1H3,(H,28,29)/b7-5-. The lowest BCUT2D eigenvalue weighted by molar-refractivity contribution is -0.384. The third kappa shape index (κ3) is 4.34. The van der Waals surface area contributed by atoms with Gasteiger partial charge in [0.2, 0.25) is 0 Å². The highest BCUT2D eigenvalue weighted by molar-refractivity contribution is 6.32. The first-order valence-corrected chi connectivity index (χ1v) is 9.10. The zero-order valence-electron chi connectivity index (χ0n) is 15.9. The van der Waals surface area contributed by atoms with Crippen molar-refractivity contribution in [3.8, 4) is 11.8 Å². The van der Waals surface area contributed by atoms with Crippen molar-refractivity contribution in [3.05, 3.63) is 95.9 Å². The summed E-state index contributed by atoms with van der Waals surface area (Å²) in [5.74, 6) is -1.46. The molecule has 154 valence electrons. The number of non-ortho nitro benzene ring substituents is 1. The maximum absolute atomic E-state index is 12.9. The molecule has 3 rings (SSSR count). The van der Waals surface area contributed by atoms with Crippen LogP contribution < -0.4 is 5.56 Å². The highest BCUT2D eigenvalue weighted by Gasteiger charge is 2.21. The monoisotopic (exact) mass is 436 g/mol. The van der Waals surface area contributed by atoms with Crippen molar-refractivity contribution in [2.24, 2.45) is 0 Å². The van der Waals surface area contributed by atoms with Gasteiger partial charge in [-0.25, -0.2) is 4.79 Å². The van der Waals surface area contributed by atoms with Crippen LogP contribution in [0.25, 0.3) is 17.8 Å². The van der Waals surface area contributed by atoms with Crippen molar-refractivity contribution in [1.29, 1.82) is 5.26 Å². The molecule has 1 aromatic heterocycles. The van der Waals surface area contributed by atoms with Crippen molar-refractivity contribution in [2.75, 3.05) is 0 Å². The summed E-state index contributed by atoms with van der Waals surface area (Å²) in [5, 5.41) is 34.3. The average molecular weight is 437 g/mol. The SMILES string of the molecule is Cc1cccc(-n2nc(C(=O)O)c(/C=C\c3cc([N+](=O)[O-])ccc3Cl)c(C#N)c2=O)c1. The molecule has 0 saturated heterocycles. The van der Waals surface area contributed by atoms with E-state index in [4.69, 9.17) is 11.6 Å². The summed E-state index contributed by atoms with van der Waals surface area (Å²) in [5.41, 5.74) is -0.904. The van der Waals surface area contributed by atoms with Gasteiger partial charge < -0.3 is 5.11 Å². The topological polar surface area (TPSA) is 139 Å². The van der Waals surface area contributed by atoms with Crippen molar-refractivity contribution >= 4 is 35.4 Å². The Labute approximate surface area is 180 Å². The minimum absolute atomic E-state index is 0.165. The first-order chi connectivity index (χ1) is 14.7. The fourth-order valence-electron chi connectivity index (χ4n) is 2.85. The molecule has 3 aromatic rings. The zero-order chi connectivity index (χ0) is 22.7. The second kappa shape index (κ2) is 8.61. The van der Waals surface area contributed by atoms with Gasteiger partial charge in [-0.05, 0) is 36.2 Å². The summed E-state index contributed by atoms with van der Waals surface area (Å²) in [4.78, 5) is 35.1. The number of nitro benzene ring substituents is 1. The van der Waals surface area contributed by atoms with Crippen molar-refractivity contribution in [3.63, 3.8) is 0 Å². The normalized spacial score (nSPS) is 10.7. The summed E-state index contributed by atoms with van der Waals surface area (Å²) in [6, 6.07) is 12.1. The third-order valence-corrected chi connectivity index (χ3v) is 4.66. The lowest BCUT2D eigenvalue weighted by atomic mass is 10.1. The van der Waals surface area contributed by atoms with Gasteiger partial charge in [-0.3, -0.25) is 14.9 Å². The van der Waals surface area contributed by atoms with Crippen LogP contribution in [0.3, 0.4) is 0 Å². The Bertz CT molecular complexity index is 1350. The second-order valence-electron chi connectivity index (χ2n) is 6.41. The summed E-state index contributed by atoms with van der Waals surface area (Å²) in [6.45, 7) is 1.79. The average Bonchev–Trinajstić information content (AvgIpc) is 2.72. The Hall–Kier alpha value is -4.29. The Morgan fingerprint density at radius 1 is 1.29 bits per heavy atom. The molecule has 31 heavy (non-hydrogen) atoms. The molecular weight excluding hydrogens is 424 g/mol. The number of carbonyl (C=O) groups is 1. The van der Waals surface area contributed by atoms with E-state index < -0.39 is 27.7 Å². The number of carboxylic acid groups (broad SMARTS) is 1. The van der Waals surface area contributed by atoms with E-state index in [1.54, 1.807) is 37.3 Å². The van der Waals surface area contributed by atoms with Crippen LogP contribution in [-0.2, 0) is 0 Å². The van der Waals surface area contributed by atoms with Crippen LogP contribution in [0.1, 0.15) is 32.7 Å². The van der Waals surface area contributed by atoms with E-state index in [0.717, 1.165) is 10.2 Å². The fraction of sp³-hybridized carbons (Fsp3) is 0.0476. The number of aryl methyl sites for hydroxylation is 1. The Balaban J connectivity index is 2.23. The number of halogens is 1. The number of hydrogen-bond acceptors (Lipinski definition) is 6. The van der Waals surface area contributed by atoms with E-state index in [9.17, 15) is 30.1 Å². The predicted octanol–water partition coefficient (Wildman–Crippen LogP) is 3.84. The predicted molar refractivity (Wildman–Crippen MR) is 113 cm³/mol. The Morgan fingerprint density at radius 2 is 2.03 bits per heavy atom. The number of hydrogen-bond donors (Lipinski definition) is 1. The number of aromatic carboxylic acids is 1. The number of carboxylic acids is 1. The van der Waals surface area contributed by atoms with Crippen LogP contribution >= 0.6 is 11.6 Å². The minimum Gasteiger partial charge on any atom is -0.476 e. The molecule has 0 bridgehead atoms. The molecule has 0 fully saturated rings. The van der Waals surface area contributed by atoms with Gasteiger partial charge in [0.05, 0.1) is 10.6 Å². The van der Waals surface area contributed by atoms with Crippen molar-refractivity contribution in [2.45, 2.75) is 6.92 Å². The number of benzene rings is 2. The molecule has 1 N–H and O–H groups in total. The number of nitro groups is 1. The van der Waals surface area contributed by atoms with Crippen LogP contribution in [0, 0.1) is 28.4 Å². The quantitative estimate of drug-likeness (QED) is 0.473. The molecule has 0 aliphatic heterocycles. The van der Waals surface area contributed by atoms with Crippen LogP contribution in [0.2, 0.25) is 5.02 Å². The lowest BCUT2D eigenvalue weighted by Gasteiger charge is -2.10.